The standard InChI is InChI=1S/C35H31IN2O5/c1-3-41-33-19-25(18-30(36)34(33)43-23-28-14-9-13-26-12-7-8-15-29(26)28)21-37-38-35(39)27-16-17-31(32(20-27)40-2)42-22-24-10-5-4-6-11-24/h4-21H,3,22-23H2,1-2H3,(H,38,39)/b37-21+. The Hall–Kier alpha value is -4.57. The summed E-state index contributed by atoms with van der Waals surface area (Å²) in [5.74, 6) is 1.91. The number of ether oxygens (including phenoxy) is 4. The number of nitrogens with zero attached hydrogens (tertiary/aromatic N) is 1. The number of fused-ring (bicyclic) bond motifs is 1. The zero-order chi connectivity index (χ0) is 30.0. The van der Waals surface area contributed by atoms with Gasteiger partial charge in [0.2, 0.25) is 0 Å². The van der Waals surface area contributed by atoms with Crippen molar-refractivity contribution in [2.45, 2.75) is 20.1 Å². The Morgan fingerprint density at radius 3 is 2.42 bits per heavy atom. The number of hydrogen-bond acceptors (Lipinski definition) is 6. The van der Waals surface area contributed by atoms with Gasteiger partial charge in [0.15, 0.2) is 23.0 Å². The molecule has 1 amide bonds. The topological polar surface area (TPSA) is 78.4 Å². The van der Waals surface area contributed by atoms with Crippen LogP contribution in [0.3, 0.4) is 0 Å². The number of hydrazone groups is 1. The zero-order valence-electron chi connectivity index (χ0n) is 23.9. The minimum absolute atomic E-state index is 0.376. The van der Waals surface area contributed by atoms with Crippen molar-refractivity contribution >= 4 is 45.5 Å². The molecule has 5 rings (SSSR count). The molecule has 0 aromatic heterocycles. The minimum Gasteiger partial charge on any atom is -0.493 e. The quantitative estimate of drug-likeness (QED) is 0.0825. The Labute approximate surface area is 264 Å². The Morgan fingerprint density at radius 1 is 0.814 bits per heavy atom. The van der Waals surface area contributed by atoms with E-state index in [1.165, 1.54) is 12.5 Å². The molecule has 0 spiro atoms. The monoisotopic (exact) mass is 686 g/mol. The molecule has 0 aliphatic rings. The van der Waals surface area contributed by atoms with E-state index in [0.717, 1.165) is 25.6 Å². The van der Waals surface area contributed by atoms with E-state index in [9.17, 15) is 4.79 Å². The number of rotatable bonds is 12. The molecule has 43 heavy (non-hydrogen) atoms. The van der Waals surface area contributed by atoms with E-state index in [4.69, 9.17) is 18.9 Å². The first-order valence-corrected chi connectivity index (χ1v) is 14.9. The summed E-state index contributed by atoms with van der Waals surface area (Å²) in [6, 6.07) is 33.1. The van der Waals surface area contributed by atoms with Gasteiger partial charge in [-0.25, -0.2) is 5.43 Å². The van der Waals surface area contributed by atoms with Gasteiger partial charge in [0.05, 0.1) is 23.5 Å². The maximum Gasteiger partial charge on any atom is 0.271 e. The largest absolute Gasteiger partial charge is 0.493 e. The lowest BCUT2D eigenvalue weighted by Crippen LogP contribution is -2.17. The van der Waals surface area contributed by atoms with E-state index < -0.39 is 0 Å². The second kappa shape index (κ2) is 14.6. The molecule has 0 aliphatic heterocycles. The molecule has 5 aromatic carbocycles. The molecule has 0 saturated heterocycles. The first-order valence-electron chi connectivity index (χ1n) is 13.8. The molecular weight excluding hydrogens is 655 g/mol. The van der Waals surface area contributed by atoms with Crippen LogP contribution >= 0.6 is 22.6 Å². The van der Waals surface area contributed by atoms with Gasteiger partial charge in [-0.05, 0) is 87.3 Å². The number of methoxy groups -OCH3 is 1. The molecule has 7 nitrogen and oxygen atoms in total. The lowest BCUT2D eigenvalue weighted by molar-refractivity contribution is 0.0954. The van der Waals surface area contributed by atoms with Gasteiger partial charge >= 0.3 is 0 Å². The highest BCUT2D eigenvalue weighted by Crippen LogP contribution is 2.35. The normalized spacial score (nSPS) is 11.0. The fourth-order valence-corrected chi connectivity index (χ4v) is 5.31. The summed E-state index contributed by atoms with van der Waals surface area (Å²) in [6.07, 6.45) is 1.58. The molecule has 0 heterocycles. The third-order valence-electron chi connectivity index (χ3n) is 6.63. The lowest BCUT2D eigenvalue weighted by atomic mass is 10.1. The number of amides is 1. The molecule has 1 N–H and O–H groups in total. The van der Waals surface area contributed by atoms with Crippen LogP contribution in [0.1, 0.15) is 34.0 Å². The van der Waals surface area contributed by atoms with Crippen LogP contribution in [0.25, 0.3) is 10.8 Å². The van der Waals surface area contributed by atoms with Gasteiger partial charge in [0.1, 0.15) is 13.2 Å². The molecule has 0 aliphatic carbocycles. The molecule has 0 unspecified atom stereocenters. The Morgan fingerprint density at radius 2 is 1.60 bits per heavy atom. The maximum atomic E-state index is 12.8. The van der Waals surface area contributed by atoms with Crippen LogP contribution in [0.5, 0.6) is 23.0 Å². The molecular formula is C35H31IN2O5. The van der Waals surface area contributed by atoms with Crippen LogP contribution in [-0.4, -0.2) is 25.8 Å². The van der Waals surface area contributed by atoms with Crippen molar-refractivity contribution < 1.29 is 23.7 Å². The first-order chi connectivity index (χ1) is 21.1. The predicted octanol–water partition coefficient (Wildman–Crippen LogP) is 7.77. The summed E-state index contributed by atoms with van der Waals surface area (Å²) in [4.78, 5) is 12.8. The van der Waals surface area contributed by atoms with Crippen molar-refractivity contribution in [3.8, 4) is 23.0 Å². The van der Waals surface area contributed by atoms with Gasteiger partial charge in [-0.3, -0.25) is 4.79 Å². The summed E-state index contributed by atoms with van der Waals surface area (Å²) < 4.78 is 24.4. The van der Waals surface area contributed by atoms with Crippen LogP contribution in [0.15, 0.2) is 108 Å². The summed E-state index contributed by atoms with van der Waals surface area (Å²) >= 11 is 2.23. The van der Waals surface area contributed by atoms with Gasteiger partial charge in [0.25, 0.3) is 5.91 Å². The Balaban J connectivity index is 1.25. The fourth-order valence-electron chi connectivity index (χ4n) is 4.53. The predicted molar refractivity (Wildman–Crippen MR) is 177 cm³/mol. The van der Waals surface area contributed by atoms with Crippen molar-refractivity contribution in [2.24, 2.45) is 5.10 Å². The van der Waals surface area contributed by atoms with Crippen molar-refractivity contribution in [1.82, 2.24) is 5.43 Å². The number of benzene rings is 5. The van der Waals surface area contributed by atoms with E-state index in [1.54, 1.807) is 24.4 Å². The smallest absolute Gasteiger partial charge is 0.271 e. The molecule has 218 valence electrons. The van der Waals surface area contributed by atoms with E-state index in [1.807, 2.05) is 67.6 Å². The molecule has 0 radical (unpaired) electrons. The van der Waals surface area contributed by atoms with Crippen molar-refractivity contribution in [2.75, 3.05) is 13.7 Å². The van der Waals surface area contributed by atoms with E-state index in [0.29, 0.717) is 48.4 Å². The maximum absolute atomic E-state index is 12.8. The number of nitrogens with one attached hydrogen (secondary N) is 1. The summed E-state index contributed by atoms with van der Waals surface area (Å²) in [5.41, 5.74) is 5.86. The van der Waals surface area contributed by atoms with Crippen LogP contribution in [0.2, 0.25) is 0 Å². The number of carbonyl (C=O) groups excluding carboxylic acids is 1. The first kappa shape index (κ1) is 29.9. The third kappa shape index (κ3) is 7.64. The minimum atomic E-state index is -0.376. The number of carbonyl (C=O) groups is 1. The van der Waals surface area contributed by atoms with Gasteiger partial charge in [0, 0.05) is 5.56 Å². The van der Waals surface area contributed by atoms with Crippen molar-refractivity contribution in [3.63, 3.8) is 0 Å². The number of hydrogen-bond donors (Lipinski definition) is 1. The Bertz CT molecular complexity index is 1730. The Kier molecular flexibility index (Phi) is 10.1. The molecule has 5 aromatic rings. The van der Waals surface area contributed by atoms with Gasteiger partial charge in [-0.2, -0.15) is 5.10 Å². The van der Waals surface area contributed by atoms with E-state index in [2.05, 4.69) is 57.4 Å². The summed E-state index contributed by atoms with van der Waals surface area (Å²) in [7, 11) is 1.54. The SMILES string of the molecule is CCOc1cc(/C=N/NC(=O)c2ccc(OCc3ccccc3)c(OC)c2)cc(I)c1OCc1cccc2ccccc12. The third-order valence-corrected chi connectivity index (χ3v) is 7.43. The molecule has 0 fully saturated rings. The average Bonchev–Trinajstić information content (AvgIpc) is 3.04. The highest BCUT2D eigenvalue weighted by atomic mass is 127. The second-order valence-corrected chi connectivity index (χ2v) is 10.7. The van der Waals surface area contributed by atoms with E-state index >= 15 is 0 Å². The second-order valence-electron chi connectivity index (χ2n) is 9.53. The highest BCUT2D eigenvalue weighted by molar-refractivity contribution is 14.1. The van der Waals surface area contributed by atoms with Gasteiger partial charge in [-0.1, -0.05) is 72.8 Å². The van der Waals surface area contributed by atoms with Crippen molar-refractivity contribution in [3.05, 3.63) is 129 Å². The zero-order valence-corrected chi connectivity index (χ0v) is 26.0. The fraction of sp³-hybridized carbons (Fsp3) is 0.143. The van der Waals surface area contributed by atoms with Gasteiger partial charge < -0.3 is 18.9 Å². The average molecular weight is 687 g/mol. The molecule has 0 saturated carbocycles. The lowest BCUT2D eigenvalue weighted by Gasteiger charge is -2.15. The van der Waals surface area contributed by atoms with Crippen molar-refractivity contribution in [1.29, 1.82) is 0 Å². The van der Waals surface area contributed by atoms with Gasteiger partial charge in [-0.15, -0.1) is 0 Å². The van der Waals surface area contributed by atoms with Crippen LogP contribution in [0.4, 0.5) is 0 Å². The van der Waals surface area contributed by atoms with E-state index in [-0.39, 0.29) is 5.91 Å². The molecule has 8 heteroatoms. The number of halogens is 1. The van der Waals surface area contributed by atoms with Crippen LogP contribution in [0, 0.1) is 3.57 Å². The molecule has 0 atom stereocenters. The molecule has 0 bridgehead atoms. The van der Waals surface area contributed by atoms with Crippen LogP contribution in [-0.2, 0) is 13.2 Å². The highest BCUT2D eigenvalue weighted by Gasteiger charge is 2.14. The summed E-state index contributed by atoms with van der Waals surface area (Å²) in [6.45, 7) is 3.20. The van der Waals surface area contributed by atoms with Crippen LogP contribution < -0.4 is 24.4 Å². The summed E-state index contributed by atoms with van der Waals surface area (Å²) in [5, 5.41) is 6.50.